The summed E-state index contributed by atoms with van der Waals surface area (Å²) in [5, 5.41) is 2.53. The minimum absolute atomic E-state index is 0.331. The third-order valence-electron chi connectivity index (χ3n) is 2.69. The minimum Gasteiger partial charge on any atom is -0.422 e. The SMILES string of the molecule is O=C(Oc1ccccc1)c1csc(-c2ccccc2)n1. The van der Waals surface area contributed by atoms with Gasteiger partial charge in [-0.2, -0.15) is 0 Å². The first kappa shape index (κ1) is 12.6. The van der Waals surface area contributed by atoms with Gasteiger partial charge in [-0.05, 0) is 12.1 Å². The van der Waals surface area contributed by atoms with E-state index in [1.807, 2.05) is 48.5 Å². The van der Waals surface area contributed by atoms with Crippen LogP contribution in [0.15, 0.2) is 66.0 Å². The van der Waals surface area contributed by atoms with Crippen molar-refractivity contribution < 1.29 is 9.53 Å². The van der Waals surface area contributed by atoms with Gasteiger partial charge in [-0.25, -0.2) is 9.78 Å². The predicted molar refractivity (Wildman–Crippen MR) is 79.0 cm³/mol. The van der Waals surface area contributed by atoms with E-state index in [2.05, 4.69) is 4.98 Å². The highest BCUT2D eigenvalue weighted by Gasteiger charge is 2.13. The van der Waals surface area contributed by atoms with Crippen LogP contribution in [0.5, 0.6) is 5.75 Å². The van der Waals surface area contributed by atoms with Gasteiger partial charge < -0.3 is 4.74 Å². The second kappa shape index (κ2) is 5.67. The molecule has 3 nitrogen and oxygen atoms in total. The Labute approximate surface area is 120 Å². The van der Waals surface area contributed by atoms with Crippen LogP contribution < -0.4 is 4.74 Å². The fraction of sp³-hybridized carbons (Fsp3) is 0. The van der Waals surface area contributed by atoms with Gasteiger partial charge in [0.1, 0.15) is 10.8 Å². The Morgan fingerprint density at radius 3 is 2.30 bits per heavy atom. The summed E-state index contributed by atoms with van der Waals surface area (Å²) in [7, 11) is 0. The first-order chi connectivity index (χ1) is 9.83. The molecular weight excluding hydrogens is 270 g/mol. The number of ether oxygens (including phenoxy) is 1. The molecule has 0 aliphatic rings. The maximum Gasteiger partial charge on any atom is 0.363 e. The number of hydrogen-bond acceptors (Lipinski definition) is 4. The molecule has 0 amide bonds. The molecular formula is C16H11NO2S. The molecule has 0 aliphatic carbocycles. The summed E-state index contributed by atoms with van der Waals surface area (Å²) in [6, 6.07) is 18.7. The van der Waals surface area contributed by atoms with E-state index < -0.39 is 5.97 Å². The Balaban J connectivity index is 1.79. The average Bonchev–Trinajstić information content (AvgIpc) is 2.99. The molecule has 0 saturated heterocycles. The average molecular weight is 281 g/mol. The van der Waals surface area contributed by atoms with Crippen molar-refractivity contribution in [1.82, 2.24) is 4.98 Å². The molecule has 0 saturated carbocycles. The van der Waals surface area contributed by atoms with Gasteiger partial charge in [0.2, 0.25) is 0 Å². The van der Waals surface area contributed by atoms with Gasteiger partial charge in [-0.3, -0.25) is 0 Å². The quantitative estimate of drug-likeness (QED) is 0.537. The second-order valence-electron chi connectivity index (χ2n) is 4.11. The molecule has 0 bridgehead atoms. The Morgan fingerprint density at radius 1 is 0.950 bits per heavy atom. The third kappa shape index (κ3) is 2.75. The number of para-hydroxylation sites is 1. The predicted octanol–water partition coefficient (Wildman–Crippen LogP) is 4.03. The second-order valence-corrected chi connectivity index (χ2v) is 4.96. The molecule has 0 spiro atoms. The van der Waals surface area contributed by atoms with Gasteiger partial charge in [0.25, 0.3) is 0 Å². The van der Waals surface area contributed by atoms with Crippen molar-refractivity contribution in [1.29, 1.82) is 0 Å². The largest absolute Gasteiger partial charge is 0.422 e. The summed E-state index contributed by atoms with van der Waals surface area (Å²) in [6.07, 6.45) is 0. The number of thiazole rings is 1. The normalized spacial score (nSPS) is 10.2. The molecule has 98 valence electrons. The maximum absolute atomic E-state index is 12.0. The number of rotatable bonds is 3. The fourth-order valence-corrected chi connectivity index (χ4v) is 2.52. The molecule has 0 unspecified atom stereocenters. The lowest BCUT2D eigenvalue weighted by Gasteiger charge is -2.00. The highest BCUT2D eigenvalue weighted by molar-refractivity contribution is 7.13. The monoisotopic (exact) mass is 281 g/mol. The van der Waals surface area contributed by atoms with Gasteiger partial charge in [0.15, 0.2) is 5.69 Å². The van der Waals surface area contributed by atoms with Crippen molar-refractivity contribution in [3.63, 3.8) is 0 Å². The number of carbonyl (C=O) groups is 1. The summed E-state index contributed by atoms with van der Waals surface area (Å²) >= 11 is 1.43. The van der Waals surface area contributed by atoms with Crippen molar-refractivity contribution in [2.24, 2.45) is 0 Å². The van der Waals surface area contributed by atoms with E-state index in [1.54, 1.807) is 17.5 Å². The van der Waals surface area contributed by atoms with Crippen LogP contribution >= 0.6 is 11.3 Å². The van der Waals surface area contributed by atoms with Crippen molar-refractivity contribution >= 4 is 17.3 Å². The molecule has 4 heteroatoms. The highest BCUT2D eigenvalue weighted by atomic mass is 32.1. The molecule has 3 aromatic rings. The van der Waals surface area contributed by atoms with E-state index >= 15 is 0 Å². The molecule has 0 aliphatic heterocycles. The van der Waals surface area contributed by atoms with Crippen LogP contribution in [0.25, 0.3) is 10.6 Å². The number of esters is 1. The van der Waals surface area contributed by atoms with E-state index in [0.29, 0.717) is 11.4 Å². The maximum atomic E-state index is 12.0. The molecule has 0 atom stereocenters. The summed E-state index contributed by atoms with van der Waals surface area (Å²) in [5.41, 5.74) is 1.33. The Hall–Kier alpha value is -2.46. The topological polar surface area (TPSA) is 39.2 Å². The lowest BCUT2D eigenvalue weighted by Crippen LogP contribution is -2.08. The van der Waals surface area contributed by atoms with Crippen LogP contribution in [-0.2, 0) is 0 Å². The Morgan fingerprint density at radius 2 is 1.60 bits per heavy atom. The van der Waals surface area contributed by atoms with Gasteiger partial charge in [-0.15, -0.1) is 11.3 Å². The zero-order valence-electron chi connectivity index (χ0n) is 10.5. The third-order valence-corrected chi connectivity index (χ3v) is 3.58. The summed E-state index contributed by atoms with van der Waals surface area (Å²) in [5.74, 6) is 0.0846. The lowest BCUT2D eigenvalue weighted by atomic mass is 10.2. The van der Waals surface area contributed by atoms with Crippen molar-refractivity contribution in [2.45, 2.75) is 0 Å². The fourth-order valence-electron chi connectivity index (χ4n) is 1.73. The van der Waals surface area contributed by atoms with Gasteiger partial charge in [-0.1, -0.05) is 48.5 Å². The zero-order valence-corrected chi connectivity index (χ0v) is 11.3. The standard InChI is InChI=1S/C16H11NO2S/c18-16(19-13-9-5-2-6-10-13)14-11-20-15(17-14)12-7-3-1-4-8-12/h1-11H. The Kier molecular flexibility index (Phi) is 3.56. The molecule has 2 aromatic carbocycles. The first-order valence-corrected chi connectivity index (χ1v) is 6.99. The molecule has 1 aromatic heterocycles. The number of hydrogen-bond donors (Lipinski definition) is 0. The van der Waals surface area contributed by atoms with E-state index in [0.717, 1.165) is 10.6 Å². The zero-order chi connectivity index (χ0) is 13.8. The van der Waals surface area contributed by atoms with Crippen molar-refractivity contribution in [3.05, 3.63) is 71.7 Å². The van der Waals surface area contributed by atoms with Crippen molar-refractivity contribution in [2.75, 3.05) is 0 Å². The van der Waals surface area contributed by atoms with E-state index in [9.17, 15) is 4.79 Å². The van der Waals surface area contributed by atoms with Crippen LogP contribution in [0.1, 0.15) is 10.5 Å². The molecule has 0 fully saturated rings. The van der Waals surface area contributed by atoms with E-state index in [-0.39, 0.29) is 0 Å². The van der Waals surface area contributed by atoms with Crippen LogP contribution in [-0.4, -0.2) is 11.0 Å². The molecule has 0 N–H and O–H groups in total. The number of aromatic nitrogens is 1. The van der Waals surface area contributed by atoms with E-state index in [1.165, 1.54) is 11.3 Å². The van der Waals surface area contributed by atoms with Crippen LogP contribution in [0.4, 0.5) is 0 Å². The molecule has 3 rings (SSSR count). The summed E-state index contributed by atoms with van der Waals surface area (Å²) in [4.78, 5) is 16.3. The minimum atomic E-state index is -0.436. The van der Waals surface area contributed by atoms with Crippen molar-refractivity contribution in [3.8, 4) is 16.3 Å². The number of nitrogens with zero attached hydrogens (tertiary/aromatic N) is 1. The Bertz CT molecular complexity index is 708. The van der Waals surface area contributed by atoms with Crippen LogP contribution in [0.3, 0.4) is 0 Å². The van der Waals surface area contributed by atoms with Gasteiger partial charge in [0.05, 0.1) is 0 Å². The van der Waals surface area contributed by atoms with Crippen LogP contribution in [0, 0.1) is 0 Å². The summed E-state index contributed by atoms with van der Waals surface area (Å²) in [6.45, 7) is 0. The van der Waals surface area contributed by atoms with Gasteiger partial charge >= 0.3 is 5.97 Å². The highest BCUT2D eigenvalue weighted by Crippen LogP contribution is 2.24. The molecule has 0 radical (unpaired) electrons. The molecule has 20 heavy (non-hydrogen) atoms. The molecule has 1 heterocycles. The number of benzene rings is 2. The lowest BCUT2D eigenvalue weighted by molar-refractivity contribution is 0.0729. The first-order valence-electron chi connectivity index (χ1n) is 6.11. The smallest absolute Gasteiger partial charge is 0.363 e. The van der Waals surface area contributed by atoms with Crippen LogP contribution in [0.2, 0.25) is 0 Å². The van der Waals surface area contributed by atoms with E-state index in [4.69, 9.17) is 4.74 Å². The summed E-state index contributed by atoms with van der Waals surface area (Å²) < 4.78 is 5.25. The van der Waals surface area contributed by atoms with Gasteiger partial charge in [0, 0.05) is 10.9 Å². The number of carbonyl (C=O) groups excluding carboxylic acids is 1.